The molecule has 0 aromatic carbocycles. The van der Waals surface area contributed by atoms with Crippen LogP contribution >= 0.6 is 0 Å². The summed E-state index contributed by atoms with van der Waals surface area (Å²) in [6.07, 6.45) is 3.43. The zero-order valence-electron chi connectivity index (χ0n) is 13.2. The maximum Gasteiger partial charge on any atom is 0.240 e. The Morgan fingerprint density at radius 2 is 1.95 bits per heavy atom. The number of hydrogen-bond acceptors (Lipinski definition) is 3. The Kier molecular flexibility index (Phi) is 6.27. The van der Waals surface area contributed by atoms with Crippen LogP contribution in [0.2, 0.25) is 0 Å². The zero-order chi connectivity index (χ0) is 14.6. The molecule has 0 spiro atoms. The topological polar surface area (TPSA) is 49.6 Å². The van der Waals surface area contributed by atoms with E-state index >= 15 is 0 Å². The van der Waals surface area contributed by atoms with Gasteiger partial charge in [-0.1, -0.05) is 13.8 Å². The van der Waals surface area contributed by atoms with Crippen molar-refractivity contribution in [1.29, 1.82) is 0 Å². The van der Waals surface area contributed by atoms with Gasteiger partial charge in [-0.15, -0.1) is 0 Å². The number of likely N-dealkylation sites (N-methyl/N-ethyl adjacent to an activating group) is 1. The largest absolute Gasteiger partial charge is 0.337 e. The maximum atomic E-state index is 12.5. The number of hydrogen-bond donors (Lipinski definition) is 1. The van der Waals surface area contributed by atoms with Crippen molar-refractivity contribution in [2.75, 3.05) is 20.1 Å². The molecule has 0 radical (unpaired) electrons. The van der Waals surface area contributed by atoms with E-state index in [1.54, 1.807) is 0 Å². The number of nitrogens with zero attached hydrogens (tertiary/aromatic N) is 2. The van der Waals surface area contributed by atoms with Gasteiger partial charge in [0.2, 0.25) is 5.91 Å². The monoisotopic (exact) mass is 269 g/mol. The molecular formula is C15H31N3O. The molecular weight excluding hydrogens is 238 g/mol. The van der Waals surface area contributed by atoms with Crippen LogP contribution in [0.1, 0.15) is 47.0 Å². The van der Waals surface area contributed by atoms with E-state index in [0.717, 1.165) is 25.9 Å². The van der Waals surface area contributed by atoms with Gasteiger partial charge in [-0.2, -0.15) is 0 Å². The van der Waals surface area contributed by atoms with Crippen LogP contribution in [0.25, 0.3) is 0 Å². The number of piperidine rings is 1. The summed E-state index contributed by atoms with van der Waals surface area (Å²) in [4.78, 5) is 16.8. The highest BCUT2D eigenvalue weighted by Crippen LogP contribution is 2.20. The first-order valence-electron chi connectivity index (χ1n) is 7.61. The highest BCUT2D eigenvalue weighted by molar-refractivity contribution is 5.82. The van der Waals surface area contributed by atoms with Gasteiger partial charge in [0.25, 0.3) is 0 Å². The van der Waals surface area contributed by atoms with Gasteiger partial charge >= 0.3 is 0 Å². The van der Waals surface area contributed by atoms with E-state index in [-0.39, 0.29) is 17.9 Å². The minimum absolute atomic E-state index is 0.136. The fraction of sp³-hybridized carbons (Fsp3) is 0.933. The third-order valence-electron chi connectivity index (χ3n) is 4.29. The average Bonchev–Trinajstić information content (AvgIpc) is 2.37. The molecule has 1 unspecified atom stereocenters. The minimum Gasteiger partial charge on any atom is -0.337 e. The molecule has 1 saturated heterocycles. The molecule has 0 aromatic rings. The van der Waals surface area contributed by atoms with Gasteiger partial charge in [-0.3, -0.25) is 4.79 Å². The molecule has 4 nitrogen and oxygen atoms in total. The Morgan fingerprint density at radius 1 is 1.32 bits per heavy atom. The molecule has 0 bridgehead atoms. The summed E-state index contributed by atoms with van der Waals surface area (Å²) in [7, 11) is 2.13. The summed E-state index contributed by atoms with van der Waals surface area (Å²) in [5.41, 5.74) is 6.04. The van der Waals surface area contributed by atoms with Gasteiger partial charge in [-0.25, -0.2) is 0 Å². The Hall–Kier alpha value is -0.610. The molecule has 0 aliphatic carbocycles. The second-order valence-corrected chi connectivity index (χ2v) is 6.48. The quantitative estimate of drug-likeness (QED) is 0.826. The van der Waals surface area contributed by atoms with Crippen LogP contribution in [0.4, 0.5) is 0 Å². The lowest BCUT2D eigenvalue weighted by atomic mass is 9.97. The van der Waals surface area contributed by atoms with Gasteiger partial charge in [-0.05, 0) is 46.1 Å². The number of amides is 1. The number of rotatable bonds is 5. The van der Waals surface area contributed by atoms with Crippen molar-refractivity contribution in [3.05, 3.63) is 0 Å². The number of nitrogens with two attached hydrogens (primary N) is 1. The van der Waals surface area contributed by atoms with Crippen LogP contribution in [0.15, 0.2) is 0 Å². The summed E-state index contributed by atoms with van der Waals surface area (Å²) in [6.45, 7) is 10.2. The molecule has 2 N–H and O–H groups in total. The number of carbonyl (C=O) groups excluding carboxylic acids is 1. The number of likely N-dealkylation sites (tertiary alicyclic amines) is 1. The van der Waals surface area contributed by atoms with Gasteiger partial charge in [0.1, 0.15) is 0 Å². The standard InChI is InChI=1S/C15H31N3O/c1-11(2)14(16)15(19)18-9-7-6-8-13(18)10-17(5)12(3)4/h11-14H,6-10,16H2,1-5H3/t13-,14?/m0/s1. The molecule has 1 amide bonds. The molecule has 112 valence electrons. The molecule has 0 saturated carbocycles. The summed E-state index contributed by atoms with van der Waals surface area (Å²) < 4.78 is 0. The Labute approximate surface area is 118 Å². The van der Waals surface area contributed by atoms with Crippen molar-refractivity contribution in [2.24, 2.45) is 11.7 Å². The molecule has 1 rings (SSSR count). The molecule has 2 atom stereocenters. The van der Waals surface area contributed by atoms with Crippen LogP contribution in [0.3, 0.4) is 0 Å². The van der Waals surface area contributed by atoms with Crippen molar-refractivity contribution in [1.82, 2.24) is 9.80 Å². The van der Waals surface area contributed by atoms with Crippen molar-refractivity contribution in [2.45, 2.75) is 65.1 Å². The first-order valence-corrected chi connectivity index (χ1v) is 7.61. The van der Waals surface area contributed by atoms with Crippen molar-refractivity contribution in [3.8, 4) is 0 Å². The van der Waals surface area contributed by atoms with E-state index in [1.165, 1.54) is 6.42 Å². The summed E-state index contributed by atoms with van der Waals surface area (Å²) in [5, 5.41) is 0. The first kappa shape index (κ1) is 16.4. The summed E-state index contributed by atoms with van der Waals surface area (Å²) in [6, 6.07) is 0.487. The van der Waals surface area contributed by atoms with E-state index in [2.05, 4.69) is 25.8 Å². The van der Waals surface area contributed by atoms with Gasteiger partial charge in [0.05, 0.1) is 6.04 Å². The fourth-order valence-corrected chi connectivity index (χ4v) is 2.50. The first-order chi connectivity index (χ1) is 8.84. The zero-order valence-corrected chi connectivity index (χ0v) is 13.2. The van der Waals surface area contributed by atoms with Gasteiger partial charge < -0.3 is 15.5 Å². The second-order valence-electron chi connectivity index (χ2n) is 6.48. The average molecular weight is 269 g/mol. The van der Waals surface area contributed by atoms with Crippen molar-refractivity contribution >= 4 is 5.91 Å². The van der Waals surface area contributed by atoms with Crippen LogP contribution < -0.4 is 5.73 Å². The lowest BCUT2D eigenvalue weighted by Crippen LogP contribution is -2.55. The van der Waals surface area contributed by atoms with Crippen LogP contribution in [0, 0.1) is 5.92 Å². The maximum absolute atomic E-state index is 12.5. The van der Waals surface area contributed by atoms with E-state index in [1.807, 2.05) is 18.7 Å². The van der Waals surface area contributed by atoms with Crippen LogP contribution in [-0.2, 0) is 4.79 Å². The predicted octanol–water partition coefficient (Wildman–Crippen LogP) is 1.69. The minimum atomic E-state index is -0.357. The van der Waals surface area contributed by atoms with E-state index in [0.29, 0.717) is 12.1 Å². The lowest BCUT2D eigenvalue weighted by Gasteiger charge is -2.40. The Morgan fingerprint density at radius 3 is 2.47 bits per heavy atom. The number of carbonyl (C=O) groups is 1. The van der Waals surface area contributed by atoms with Gasteiger partial charge in [0, 0.05) is 25.2 Å². The second kappa shape index (κ2) is 7.25. The highest BCUT2D eigenvalue weighted by Gasteiger charge is 2.31. The molecule has 1 fully saturated rings. The van der Waals surface area contributed by atoms with E-state index < -0.39 is 0 Å². The molecule has 1 heterocycles. The van der Waals surface area contributed by atoms with Crippen LogP contribution in [-0.4, -0.2) is 54.0 Å². The molecule has 4 heteroatoms. The van der Waals surface area contributed by atoms with Gasteiger partial charge in [0.15, 0.2) is 0 Å². The normalized spacial score (nSPS) is 22.4. The Bertz CT molecular complexity index is 291. The third kappa shape index (κ3) is 4.46. The van der Waals surface area contributed by atoms with E-state index in [9.17, 15) is 4.79 Å². The lowest BCUT2D eigenvalue weighted by molar-refractivity contribution is -0.137. The fourth-order valence-electron chi connectivity index (χ4n) is 2.50. The smallest absolute Gasteiger partial charge is 0.240 e. The Balaban J connectivity index is 2.69. The molecule has 0 aromatic heterocycles. The predicted molar refractivity (Wildman–Crippen MR) is 79.9 cm³/mol. The third-order valence-corrected chi connectivity index (χ3v) is 4.29. The molecule has 1 aliphatic heterocycles. The molecule has 19 heavy (non-hydrogen) atoms. The van der Waals surface area contributed by atoms with Crippen molar-refractivity contribution in [3.63, 3.8) is 0 Å². The van der Waals surface area contributed by atoms with Crippen LogP contribution in [0.5, 0.6) is 0 Å². The molecule has 1 aliphatic rings. The summed E-state index contributed by atoms with van der Waals surface area (Å²) in [5.74, 6) is 0.342. The highest BCUT2D eigenvalue weighted by atomic mass is 16.2. The summed E-state index contributed by atoms with van der Waals surface area (Å²) >= 11 is 0. The SMILES string of the molecule is CC(C)C(N)C(=O)N1CCCC[C@H]1CN(C)C(C)C. The van der Waals surface area contributed by atoms with Crippen molar-refractivity contribution < 1.29 is 4.79 Å². The van der Waals surface area contributed by atoms with E-state index in [4.69, 9.17) is 5.73 Å².